The summed E-state index contributed by atoms with van der Waals surface area (Å²) in [6.07, 6.45) is 5.33. The molecule has 1 heterocycles. The average Bonchev–Trinajstić information content (AvgIpc) is 2.39. The van der Waals surface area contributed by atoms with Crippen LogP contribution in [0.3, 0.4) is 0 Å². The van der Waals surface area contributed by atoms with Gasteiger partial charge in [0.1, 0.15) is 5.82 Å². The first-order chi connectivity index (χ1) is 8.67. The van der Waals surface area contributed by atoms with Crippen LogP contribution in [0, 0.1) is 0 Å². The maximum Gasteiger partial charge on any atom is 0.225 e. The van der Waals surface area contributed by atoms with Gasteiger partial charge in [-0.05, 0) is 12.8 Å². The summed E-state index contributed by atoms with van der Waals surface area (Å²) in [7, 11) is 1.54. The van der Waals surface area contributed by atoms with Crippen LogP contribution >= 0.6 is 0 Å². The molecule has 0 saturated heterocycles. The predicted molar refractivity (Wildman–Crippen MR) is 69.5 cm³/mol. The Labute approximate surface area is 107 Å². The lowest BCUT2D eigenvalue weighted by Crippen LogP contribution is -2.44. The van der Waals surface area contributed by atoms with Gasteiger partial charge in [-0.25, -0.2) is 0 Å². The number of nitrogens with two attached hydrogens (primary N) is 1. The monoisotopic (exact) mass is 252 g/mol. The molecule has 1 aromatic heterocycles. The molecule has 1 aliphatic carbocycles. The minimum atomic E-state index is -0.288. The van der Waals surface area contributed by atoms with Gasteiger partial charge in [0.05, 0.1) is 19.3 Å². The molecule has 0 atom stereocenters. The Morgan fingerprint density at radius 1 is 1.39 bits per heavy atom. The van der Waals surface area contributed by atoms with Crippen LogP contribution in [0.25, 0.3) is 0 Å². The van der Waals surface area contributed by atoms with E-state index in [0.29, 0.717) is 11.7 Å². The fraction of sp³-hybridized carbons (Fsp3) is 0.667. The highest BCUT2D eigenvalue weighted by atomic mass is 16.5. The maximum absolute atomic E-state index is 9.63. The van der Waals surface area contributed by atoms with Crippen molar-refractivity contribution < 1.29 is 9.84 Å². The zero-order chi connectivity index (χ0) is 13.0. The molecule has 4 N–H and O–H groups in total. The standard InChI is InChI=1S/C12H20N4O2/c1-18-10-7-9(14-11(13)15-10)16-12(8-17)5-3-2-4-6-12/h7,17H,2-6,8H2,1H3,(H3,13,14,15,16). The Hall–Kier alpha value is -1.56. The molecule has 0 amide bonds. The number of aliphatic hydroxyl groups is 1. The van der Waals surface area contributed by atoms with Crippen molar-refractivity contribution in [2.24, 2.45) is 0 Å². The van der Waals surface area contributed by atoms with Gasteiger partial charge in [0.25, 0.3) is 0 Å². The molecule has 0 aliphatic heterocycles. The summed E-state index contributed by atoms with van der Waals surface area (Å²) in [5.74, 6) is 1.20. The van der Waals surface area contributed by atoms with E-state index >= 15 is 0 Å². The minimum Gasteiger partial charge on any atom is -0.481 e. The van der Waals surface area contributed by atoms with E-state index < -0.39 is 0 Å². The average molecular weight is 252 g/mol. The molecular weight excluding hydrogens is 232 g/mol. The fourth-order valence-corrected chi connectivity index (χ4v) is 2.43. The SMILES string of the molecule is COc1cc(NC2(CO)CCCCC2)nc(N)n1. The summed E-state index contributed by atoms with van der Waals surface area (Å²) in [4.78, 5) is 8.07. The number of nitrogen functional groups attached to an aromatic ring is 1. The molecule has 18 heavy (non-hydrogen) atoms. The second-order valence-electron chi connectivity index (χ2n) is 4.78. The van der Waals surface area contributed by atoms with Gasteiger partial charge in [-0.3, -0.25) is 0 Å². The normalized spacial score (nSPS) is 18.3. The summed E-state index contributed by atoms with van der Waals surface area (Å²) in [6, 6.07) is 1.70. The Bertz CT molecular complexity index is 405. The second kappa shape index (κ2) is 5.39. The first-order valence-electron chi connectivity index (χ1n) is 6.25. The third-order valence-corrected chi connectivity index (χ3v) is 3.44. The van der Waals surface area contributed by atoms with Crippen molar-refractivity contribution in [3.8, 4) is 5.88 Å². The van der Waals surface area contributed by atoms with Gasteiger partial charge in [-0.2, -0.15) is 9.97 Å². The Morgan fingerprint density at radius 3 is 2.72 bits per heavy atom. The number of nitrogens with zero attached hydrogens (tertiary/aromatic N) is 2. The first kappa shape index (κ1) is 12.9. The number of aliphatic hydroxyl groups excluding tert-OH is 1. The maximum atomic E-state index is 9.63. The van der Waals surface area contributed by atoms with Gasteiger partial charge in [-0.1, -0.05) is 19.3 Å². The van der Waals surface area contributed by atoms with Crippen molar-refractivity contribution in [3.63, 3.8) is 0 Å². The van der Waals surface area contributed by atoms with E-state index in [1.54, 1.807) is 6.07 Å². The number of hydrogen-bond donors (Lipinski definition) is 3. The van der Waals surface area contributed by atoms with E-state index in [9.17, 15) is 5.11 Å². The third kappa shape index (κ3) is 2.81. The molecule has 100 valence electrons. The van der Waals surface area contributed by atoms with E-state index in [1.807, 2.05) is 0 Å². The molecule has 0 radical (unpaired) electrons. The van der Waals surface area contributed by atoms with Crippen LogP contribution in [-0.4, -0.2) is 34.3 Å². The van der Waals surface area contributed by atoms with Gasteiger partial charge in [-0.15, -0.1) is 0 Å². The molecule has 0 spiro atoms. The van der Waals surface area contributed by atoms with Gasteiger partial charge in [0, 0.05) is 6.07 Å². The molecule has 0 unspecified atom stereocenters. The number of aromatic nitrogens is 2. The van der Waals surface area contributed by atoms with Crippen molar-refractivity contribution in [1.82, 2.24) is 9.97 Å². The Balaban J connectivity index is 2.18. The molecule has 1 saturated carbocycles. The molecule has 1 fully saturated rings. The van der Waals surface area contributed by atoms with E-state index in [2.05, 4.69) is 15.3 Å². The van der Waals surface area contributed by atoms with Gasteiger partial charge >= 0.3 is 0 Å². The Kier molecular flexibility index (Phi) is 3.86. The molecule has 6 heteroatoms. The number of hydrogen-bond acceptors (Lipinski definition) is 6. The van der Waals surface area contributed by atoms with Crippen LogP contribution in [0.15, 0.2) is 6.07 Å². The zero-order valence-electron chi connectivity index (χ0n) is 10.6. The quantitative estimate of drug-likeness (QED) is 0.745. The van der Waals surface area contributed by atoms with Crippen molar-refractivity contribution >= 4 is 11.8 Å². The van der Waals surface area contributed by atoms with Crippen LogP contribution in [0.2, 0.25) is 0 Å². The number of anilines is 2. The number of ether oxygens (including phenoxy) is 1. The number of nitrogens with one attached hydrogen (secondary N) is 1. The summed E-state index contributed by atoms with van der Waals surface area (Å²) < 4.78 is 5.06. The highest BCUT2D eigenvalue weighted by Gasteiger charge is 2.31. The highest BCUT2D eigenvalue weighted by Crippen LogP contribution is 2.31. The highest BCUT2D eigenvalue weighted by molar-refractivity contribution is 5.45. The molecule has 1 aromatic rings. The summed E-state index contributed by atoms with van der Waals surface area (Å²) >= 11 is 0. The van der Waals surface area contributed by atoms with Crippen molar-refractivity contribution in [2.45, 2.75) is 37.6 Å². The lowest BCUT2D eigenvalue weighted by atomic mass is 9.82. The molecule has 6 nitrogen and oxygen atoms in total. The van der Waals surface area contributed by atoms with E-state index in [0.717, 1.165) is 25.7 Å². The summed E-state index contributed by atoms with van der Waals surface area (Å²) in [6.45, 7) is 0.0965. The van der Waals surface area contributed by atoms with Crippen LogP contribution in [0.5, 0.6) is 5.88 Å². The van der Waals surface area contributed by atoms with Crippen molar-refractivity contribution in [3.05, 3.63) is 6.07 Å². The predicted octanol–water partition coefficient (Wildman–Crippen LogP) is 1.17. The summed E-state index contributed by atoms with van der Waals surface area (Å²) in [5, 5.41) is 12.9. The van der Waals surface area contributed by atoms with E-state index in [4.69, 9.17) is 10.5 Å². The molecule has 2 rings (SSSR count). The van der Waals surface area contributed by atoms with Crippen molar-refractivity contribution in [1.29, 1.82) is 0 Å². The largest absolute Gasteiger partial charge is 0.481 e. The Morgan fingerprint density at radius 2 is 2.11 bits per heavy atom. The first-order valence-corrected chi connectivity index (χ1v) is 6.25. The lowest BCUT2D eigenvalue weighted by molar-refractivity contribution is 0.172. The van der Waals surface area contributed by atoms with Gasteiger partial charge < -0.3 is 20.9 Å². The molecule has 0 bridgehead atoms. The molecule has 1 aliphatic rings. The topological polar surface area (TPSA) is 93.3 Å². The van der Waals surface area contributed by atoms with Crippen molar-refractivity contribution in [2.75, 3.05) is 24.8 Å². The smallest absolute Gasteiger partial charge is 0.225 e. The molecule has 0 aromatic carbocycles. The van der Waals surface area contributed by atoms with Gasteiger partial charge in [0.15, 0.2) is 0 Å². The third-order valence-electron chi connectivity index (χ3n) is 3.44. The number of methoxy groups -OCH3 is 1. The van der Waals surface area contributed by atoms with Crippen LogP contribution in [0.4, 0.5) is 11.8 Å². The van der Waals surface area contributed by atoms with Gasteiger partial charge in [0.2, 0.25) is 11.8 Å². The van der Waals surface area contributed by atoms with E-state index in [-0.39, 0.29) is 18.1 Å². The fourth-order valence-electron chi connectivity index (χ4n) is 2.43. The zero-order valence-corrected chi connectivity index (χ0v) is 10.6. The number of rotatable bonds is 4. The van der Waals surface area contributed by atoms with Crippen LogP contribution in [-0.2, 0) is 0 Å². The van der Waals surface area contributed by atoms with E-state index in [1.165, 1.54) is 13.5 Å². The van der Waals surface area contributed by atoms with Crippen LogP contribution in [0.1, 0.15) is 32.1 Å². The van der Waals surface area contributed by atoms with Crippen LogP contribution < -0.4 is 15.8 Å². The summed E-state index contributed by atoms with van der Waals surface area (Å²) in [5.41, 5.74) is 5.33. The molecular formula is C12H20N4O2. The minimum absolute atomic E-state index is 0.0965. The second-order valence-corrected chi connectivity index (χ2v) is 4.78. The lowest BCUT2D eigenvalue weighted by Gasteiger charge is -2.36.